The normalized spacial score (nSPS) is 21.1. The fourth-order valence-electron chi connectivity index (χ4n) is 2.76. The number of nitrogens with zero attached hydrogens (tertiary/aromatic N) is 3. The van der Waals surface area contributed by atoms with Gasteiger partial charge in [0.15, 0.2) is 0 Å². The first kappa shape index (κ1) is 15.5. The Kier molecular flexibility index (Phi) is 4.95. The van der Waals surface area contributed by atoms with Gasteiger partial charge in [0, 0.05) is 39.0 Å². The van der Waals surface area contributed by atoms with Gasteiger partial charge in [0.25, 0.3) is 0 Å². The lowest BCUT2D eigenvalue weighted by molar-refractivity contribution is -0.138. The summed E-state index contributed by atoms with van der Waals surface area (Å²) in [7, 11) is 0. The van der Waals surface area contributed by atoms with E-state index < -0.39 is 6.04 Å². The minimum Gasteiger partial charge on any atom is -0.347 e. The summed E-state index contributed by atoms with van der Waals surface area (Å²) in [6.07, 6.45) is 3.52. The Labute approximate surface area is 124 Å². The predicted octanol–water partition coefficient (Wildman–Crippen LogP) is 0.140. The number of rotatable bonds is 4. The molecule has 1 aliphatic heterocycles. The highest BCUT2D eigenvalue weighted by molar-refractivity contribution is 5.86. The lowest BCUT2D eigenvalue weighted by atomic mass is 10.1. The lowest BCUT2D eigenvalue weighted by Gasteiger charge is -2.40. The molecule has 7 heteroatoms. The molecule has 2 N–H and O–H groups in total. The van der Waals surface area contributed by atoms with Gasteiger partial charge in [-0.2, -0.15) is 0 Å². The van der Waals surface area contributed by atoms with Crippen LogP contribution in [0.15, 0.2) is 12.4 Å². The SMILES string of the molecule is CCN1CCN(C(=O)C(C)NC(C)=O)CC1c1ncc[nH]1. The third kappa shape index (κ3) is 3.60. The highest BCUT2D eigenvalue weighted by atomic mass is 16.2. The van der Waals surface area contributed by atoms with Gasteiger partial charge in [-0.1, -0.05) is 6.92 Å². The Hall–Kier alpha value is -1.89. The largest absolute Gasteiger partial charge is 0.347 e. The van der Waals surface area contributed by atoms with Gasteiger partial charge in [-0.3, -0.25) is 14.5 Å². The van der Waals surface area contributed by atoms with Crippen molar-refractivity contribution in [2.75, 3.05) is 26.2 Å². The maximum Gasteiger partial charge on any atom is 0.244 e. The maximum absolute atomic E-state index is 12.4. The summed E-state index contributed by atoms with van der Waals surface area (Å²) in [6, 6.07) is -0.417. The predicted molar refractivity (Wildman–Crippen MR) is 78.4 cm³/mol. The number of hydrogen-bond donors (Lipinski definition) is 2. The number of nitrogens with one attached hydrogen (secondary N) is 2. The number of likely N-dealkylation sites (N-methyl/N-ethyl adjacent to an activating group) is 1. The van der Waals surface area contributed by atoms with E-state index in [-0.39, 0.29) is 17.9 Å². The summed E-state index contributed by atoms with van der Waals surface area (Å²) in [5, 5.41) is 2.65. The topological polar surface area (TPSA) is 81.3 Å². The number of aromatic amines is 1. The molecular weight excluding hydrogens is 270 g/mol. The molecule has 1 aromatic rings. The van der Waals surface area contributed by atoms with Crippen LogP contribution in [0.2, 0.25) is 0 Å². The second-order valence-electron chi connectivity index (χ2n) is 5.33. The minimum atomic E-state index is -0.493. The second kappa shape index (κ2) is 6.71. The molecular formula is C14H23N5O2. The summed E-state index contributed by atoms with van der Waals surface area (Å²) in [5.74, 6) is 0.643. The Bertz CT molecular complexity index is 488. The van der Waals surface area contributed by atoms with Crippen LogP contribution in [0.4, 0.5) is 0 Å². The molecule has 0 saturated carbocycles. The number of amides is 2. The van der Waals surface area contributed by atoms with Crippen molar-refractivity contribution in [3.05, 3.63) is 18.2 Å². The van der Waals surface area contributed by atoms with Gasteiger partial charge in [-0.05, 0) is 13.5 Å². The molecule has 0 aromatic carbocycles. The molecule has 7 nitrogen and oxygen atoms in total. The number of imidazole rings is 1. The zero-order valence-electron chi connectivity index (χ0n) is 12.8. The Balaban J connectivity index is 2.06. The van der Waals surface area contributed by atoms with E-state index in [1.54, 1.807) is 24.2 Å². The van der Waals surface area contributed by atoms with Crippen molar-refractivity contribution in [1.82, 2.24) is 25.1 Å². The summed E-state index contributed by atoms with van der Waals surface area (Å²) in [4.78, 5) is 35.0. The van der Waals surface area contributed by atoms with Crippen molar-refractivity contribution in [2.45, 2.75) is 32.9 Å². The Morgan fingerprint density at radius 1 is 1.52 bits per heavy atom. The van der Waals surface area contributed by atoms with Crippen LogP contribution in [0.3, 0.4) is 0 Å². The molecule has 0 spiro atoms. The van der Waals surface area contributed by atoms with Crippen LogP contribution in [0, 0.1) is 0 Å². The first-order chi connectivity index (χ1) is 10.0. The molecule has 2 rings (SSSR count). The minimum absolute atomic E-state index is 0.0440. The van der Waals surface area contributed by atoms with Crippen molar-refractivity contribution in [3.8, 4) is 0 Å². The lowest BCUT2D eigenvalue weighted by Crippen LogP contribution is -2.55. The van der Waals surface area contributed by atoms with Crippen molar-refractivity contribution in [3.63, 3.8) is 0 Å². The standard InChI is InChI=1S/C14H23N5O2/c1-4-18-7-8-19(14(21)10(2)17-11(3)20)9-12(18)13-15-5-6-16-13/h5-6,10,12H,4,7-9H2,1-3H3,(H,15,16)(H,17,20). The quantitative estimate of drug-likeness (QED) is 0.827. The molecule has 1 fully saturated rings. The zero-order chi connectivity index (χ0) is 15.4. The molecule has 116 valence electrons. The number of carbonyl (C=O) groups excluding carboxylic acids is 2. The molecule has 2 amide bonds. The molecule has 0 aliphatic carbocycles. The zero-order valence-corrected chi connectivity index (χ0v) is 12.8. The molecule has 1 aromatic heterocycles. The van der Waals surface area contributed by atoms with Crippen molar-refractivity contribution < 1.29 is 9.59 Å². The van der Waals surface area contributed by atoms with Gasteiger partial charge >= 0.3 is 0 Å². The van der Waals surface area contributed by atoms with Crippen LogP contribution in [0.1, 0.15) is 32.6 Å². The summed E-state index contributed by atoms with van der Waals surface area (Å²) in [6.45, 7) is 8.22. The molecule has 1 saturated heterocycles. The molecule has 2 heterocycles. The average molecular weight is 293 g/mol. The average Bonchev–Trinajstić information content (AvgIpc) is 2.99. The molecule has 2 atom stereocenters. The summed E-state index contributed by atoms with van der Waals surface area (Å²) < 4.78 is 0. The van der Waals surface area contributed by atoms with E-state index in [0.717, 1.165) is 18.9 Å². The Morgan fingerprint density at radius 2 is 2.29 bits per heavy atom. The number of carbonyl (C=O) groups is 2. The molecule has 0 bridgehead atoms. The number of aromatic nitrogens is 2. The van der Waals surface area contributed by atoms with E-state index >= 15 is 0 Å². The number of piperazine rings is 1. The monoisotopic (exact) mass is 293 g/mol. The Morgan fingerprint density at radius 3 is 2.86 bits per heavy atom. The van der Waals surface area contributed by atoms with E-state index in [1.165, 1.54) is 6.92 Å². The van der Waals surface area contributed by atoms with Crippen LogP contribution in [-0.4, -0.2) is 63.8 Å². The van der Waals surface area contributed by atoms with E-state index in [2.05, 4.69) is 27.1 Å². The molecule has 2 unspecified atom stereocenters. The van der Waals surface area contributed by atoms with Gasteiger partial charge < -0.3 is 15.2 Å². The van der Waals surface area contributed by atoms with Crippen LogP contribution < -0.4 is 5.32 Å². The van der Waals surface area contributed by atoms with Gasteiger partial charge in [-0.25, -0.2) is 4.98 Å². The van der Waals surface area contributed by atoms with Crippen molar-refractivity contribution in [2.24, 2.45) is 0 Å². The highest BCUT2D eigenvalue weighted by Crippen LogP contribution is 2.22. The molecule has 0 radical (unpaired) electrons. The second-order valence-corrected chi connectivity index (χ2v) is 5.33. The number of hydrogen-bond acceptors (Lipinski definition) is 4. The van der Waals surface area contributed by atoms with E-state index in [9.17, 15) is 9.59 Å². The first-order valence-electron chi connectivity index (χ1n) is 7.32. The third-order valence-corrected chi connectivity index (χ3v) is 3.83. The molecule has 1 aliphatic rings. The summed E-state index contributed by atoms with van der Waals surface area (Å²) >= 11 is 0. The van der Waals surface area contributed by atoms with Crippen LogP contribution in [0.5, 0.6) is 0 Å². The van der Waals surface area contributed by atoms with Crippen LogP contribution in [0.25, 0.3) is 0 Å². The van der Waals surface area contributed by atoms with Crippen molar-refractivity contribution in [1.29, 1.82) is 0 Å². The third-order valence-electron chi connectivity index (χ3n) is 3.83. The van der Waals surface area contributed by atoms with Gasteiger partial charge in [0.1, 0.15) is 11.9 Å². The summed E-state index contributed by atoms with van der Waals surface area (Å²) in [5.41, 5.74) is 0. The van der Waals surface area contributed by atoms with Crippen molar-refractivity contribution >= 4 is 11.8 Å². The smallest absolute Gasteiger partial charge is 0.244 e. The van der Waals surface area contributed by atoms with E-state index in [4.69, 9.17) is 0 Å². The maximum atomic E-state index is 12.4. The van der Waals surface area contributed by atoms with E-state index in [0.29, 0.717) is 13.1 Å². The number of H-pyrrole nitrogens is 1. The van der Waals surface area contributed by atoms with Crippen LogP contribution >= 0.6 is 0 Å². The fourth-order valence-corrected chi connectivity index (χ4v) is 2.76. The highest BCUT2D eigenvalue weighted by Gasteiger charge is 2.32. The van der Waals surface area contributed by atoms with Crippen LogP contribution in [-0.2, 0) is 9.59 Å². The van der Waals surface area contributed by atoms with E-state index in [1.807, 2.05) is 0 Å². The van der Waals surface area contributed by atoms with Gasteiger partial charge in [0.05, 0.1) is 6.04 Å². The van der Waals surface area contributed by atoms with Gasteiger partial charge in [-0.15, -0.1) is 0 Å². The first-order valence-corrected chi connectivity index (χ1v) is 7.32. The molecule has 21 heavy (non-hydrogen) atoms. The fraction of sp³-hybridized carbons (Fsp3) is 0.643. The van der Waals surface area contributed by atoms with Gasteiger partial charge in [0.2, 0.25) is 11.8 Å².